The lowest BCUT2D eigenvalue weighted by molar-refractivity contribution is 0.242. The SMILES string of the molecule is COc1cccc(OCc2nc(-c3ccc(C)cc3)no2)c1. The smallest absolute Gasteiger partial charge is 0.264 e. The fourth-order valence-electron chi connectivity index (χ4n) is 1.97. The number of ether oxygens (including phenoxy) is 2. The Balaban J connectivity index is 1.67. The number of hydrogen-bond acceptors (Lipinski definition) is 5. The molecule has 2 aromatic carbocycles. The second-order valence-electron chi connectivity index (χ2n) is 4.85. The predicted molar refractivity (Wildman–Crippen MR) is 81.8 cm³/mol. The number of benzene rings is 2. The van der Waals surface area contributed by atoms with E-state index in [4.69, 9.17) is 14.0 Å². The van der Waals surface area contributed by atoms with Crippen LogP contribution >= 0.6 is 0 Å². The van der Waals surface area contributed by atoms with Crippen LogP contribution in [-0.4, -0.2) is 17.3 Å². The van der Waals surface area contributed by atoms with Crippen LogP contribution in [0, 0.1) is 6.92 Å². The van der Waals surface area contributed by atoms with Gasteiger partial charge in [-0.1, -0.05) is 41.1 Å². The van der Waals surface area contributed by atoms with E-state index < -0.39 is 0 Å². The van der Waals surface area contributed by atoms with E-state index >= 15 is 0 Å². The van der Waals surface area contributed by atoms with Gasteiger partial charge in [-0.05, 0) is 19.1 Å². The molecule has 0 amide bonds. The van der Waals surface area contributed by atoms with Gasteiger partial charge in [0.2, 0.25) is 5.82 Å². The highest BCUT2D eigenvalue weighted by Crippen LogP contribution is 2.21. The van der Waals surface area contributed by atoms with Gasteiger partial charge in [-0.2, -0.15) is 4.98 Å². The fraction of sp³-hybridized carbons (Fsp3) is 0.176. The Hall–Kier alpha value is -2.82. The Bertz CT molecular complexity index is 751. The number of methoxy groups -OCH3 is 1. The van der Waals surface area contributed by atoms with E-state index in [1.54, 1.807) is 13.2 Å². The van der Waals surface area contributed by atoms with Gasteiger partial charge in [-0.15, -0.1) is 0 Å². The summed E-state index contributed by atoms with van der Waals surface area (Å²) in [5.74, 6) is 2.42. The third-order valence-electron chi connectivity index (χ3n) is 3.18. The van der Waals surface area contributed by atoms with Crippen LogP contribution in [0.5, 0.6) is 11.5 Å². The lowest BCUT2D eigenvalue weighted by Gasteiger charge is -2.04. The maximum absolute atomic E-state index is 5.63. The van der Waals surface area contributed by atoms with Gasteiger partial charge in [0.25, 0.3) is 5.89 Å². The molecule has 0 fully saturated rings. The monoisotopic (exact) mass is 296 g/mol. The molecule has 3 aromatic rings. The first kappa shape index (κ1) is 14.1. The van der Waals surface area contributed by atoms with Crippen molar-refractivity contribution < 1.29 is 14.0 Å². The van der Waals surface area contributed by atoms with Crippen LogP contribution in [0.15, 0.2) is 53.1 Å². The minimum atomic E-state index is 0.214. The third kappa shape index (κ3) is 3.25. The first-order valence-corrected chi connectivity index (χ1v) is 6.91. The highest BCUT2D eigenvalue weighted by Gasteiger charge is 2.09. The Labute approximate surface area is 128 Å². The van der Waals surface area contributed by atoms with Crippen LogP contribution in [0.25, 0.3) is 11.4 Å². The standard InChI is InChI=1S/C17H16N2O3/c1-12-6-8-13(9-7-12)17-18-16(22-19-17)11-21-15-5-3-4-14(10-15)20-2/h3-10H,11H2,1-2H3. The van der Waals surface area contributed by atoms with Crippen LogP contribution in [0.2, 0.25) is 0 Å². The van der Waals surface area contributed by atoms with Crippen LogP contribution in [-0.2, 0) is 6.61 Å². The number of aryl methyl sites for hydroxylation is 1. The molecule has 112 valence electrons. The zero-order valence-electron chi connectivity index (χ0n) is 12.4. The zero-order chi connectivity index (χ0) is 15.4. The summed E-state index contributed by atoms with van der Waals surface area (Å²) in [6.07, 6.45) is 0. The van der Waals surface area contributed by atoms with E-state index in [1.807, 2.05) is 49.4 Å². The lowest BCUT2D eigenvalue weighted by atomic mass is 10.1. The van der Waals surface area contributed by atoms with E-state index in [0.717, 1.165) is 11.3 Å². The molecule has 0 atom stereocenters. The summed E-state index contributed by atoms with van der Waals surface area (Å²) in [7, 11) is 1.62. The van der Waals surface area contributed by atoms with Gasteiger partial charge in [-0.25, -0.2) is 0 Å². The molecular weight excluding hydrogens is 280 g/mol. The summed E-state index contributed by atoms with van der Waals surface area (Å²) >= 11 is 0. The molecule has 0 aliphatic rings. The van der Waals surface area contributed by atoms with E-state index in [1.165, 1.54) is 5.56 Å². The van der Waals surface area contributed by atoms with Crippen molar-refractivity contribution in [3.8, 4) is 22.9 Å². The minimum absolute atomic E-state index is 0.214. The summed E-state index contributed by atoms with van der Waals surface area (Å²) in [5, 5.41) is 3.97. The van der Waals surface area contributed by atoms with Gasteiger partial charge in [-0.3, -0.25) is 0 Å². The molecule has 0 N–H and O–H groups in total. The van der Waals surface area contributed by atoms with Crippen molar-refractivity contribution in [1.82, 2.24) is 10.1 Å². The Kier molecular flexibility index (Phi) is 4.05. The van der Waals surface area contributed by atoms with Crippen LogP contribution in [0.4, 0.5) is 0 Å². The van der Waals surface area contributed by atoms with Crippen LogP contribution in [0.3, 0.4) is 0 Å². The zero-order valence-corrected chi connectivity index (χ0v) is 12.4. The average Bonchev–Trinajstić information content (AvgIpc) is 3.03. The van der Waals surface area contributed by atoms with Crippen molar-refractivity contribution in [3.05, 3.63) is 60.0 Å². The van der Waals surface area contributed by atoms with Gasteiger partial charge in [0.1, 0.15) is 11.5 Å². The largest absolute Gasteiger partial charge is 0.497 e. The van der Waals surface area contributed by atoms with Crippen LogP contribution in [0.1, 0.15) is 11.5 Å². The predicted octanol–water partition coefficient (Wildman–Crippen LogP) is 3.63. The Morgan fingerprint density at radius 3 is 2.59 bits per heavy atom. The molecule has 5 nitrogen and oxygen atoms in total. The number of hydrogen-bond donors (Lipinski definition) is 0. The van der Waals surface area contributed by atoms with Gasteiger partial charge in [0, 0.05) is 11.6 Å². The number of nitrogens with zero attached hydrogens (tertiary/aromatic N) is 2. The molecule has 0 saturated heterocycles. The molecule has 22 heavy (non-hydrogen) atoms. The summed E-state index contributed by atoms with van der Waals surface area (Å²) < 4.78 is 16.0. The molecule has 0 radical (unpaired) electrons. The van der Waals surface area contributed by atoms with Gasteiger partial charge in [0.15, 0.2) is 6.61 Å². The molecule has 5 heteroatoms. The summed E-state index contributed by atoms with van der Waals surface area (Å²) in [5.41, 5.74) is 2.11. The van der Waals surface area contributed by atoms with E-state index in [0.29, 0.717) is 17.5 Å². The van der Waals surface area contributed by atoms with Crippen molar-refractivity contribution in [3.63, 3.8) is 0 Å². The minimum Gasteiger partial charge on any atom is -0.497 e. The Morgan fingerprint density at radius 2 is 1.82 bits per heavy atom. The van der Waals surface area contributed by atoms with Gasteiger partial charge >= 0.3 is 0 Å². The van der Waals surface area contributed by atoms with Crippen LogP contribution < -0.4 is 9.47 Å². The van der Waals surface area contributed by atoms with Crippen molar-refractivity contribution in [2.75, 3.05) is 7.11 Å². The topological polar surface area (TPSA) is 57.4 Å². The molecular formula is C17H16N2O3. The molecule has 0 aliphatic carbocycles. The van der Waals surface area contributed by atoms with E-state index in [2.05, 4.69) is 10.1 Å². The first-order chi connectivity index (χ1) is 10.7. The van der Waals surface area contributed by atoms with Crippen molar-refractivity contribution in [2.24, 2.45) is 0 Å². The second kappa shape index (κ2) is 6.30. The highest BCUT2D eigenvalue weighted by molar-refractivity contribution is 5.54. The number of aromatic nitrogens is 2. The quantitative estimate of drug-likeness (QED) is 0.719. The summed E-state index contributed by atoms with van der Waals surface area (Å²) in [6, 6.07) is 15.3. The molecule has 0 unspecified atom stereocenters. The normalized spacial score (nSPS) is 10.5. The summed E-state index contributed by atoms with van der Waals surface area (Å²) in [4.78, 5) is 4.33. The first-order valence-electron chi connectivity index (χ1n) is 6.91. The van der Waals surface area contributed by atoms with Crippen molar-refractivity contribution in [2.45, 2.75) is 13.5 Å². The van der Waals surface area contributed by atoms with Crippen molar-refractivity contribution in [1.29, 1.82) is 0 Å². The van der Waals surface area contributed by atoms with Crippen molar-refractivity contribution >= 4 is 0 Å². The number of rotatable bonds is 5. The maximum atomic E-state index is 5.63. The molecule has 0 spiro atoms. The van der Waals surface area contributed by atoms with E-state index in [9.17, 15) is 0 Å². The Morgan fingerprint density at radius 1 is 1.05 bits per heavy atom. The van der Waals surface area contributed by atoms with E-state index in [-0.39, 0.29) is 6.61 Å². The third-order valence-corrected chi connectivity index (χ3v) is 3.18. The molecule has 1 heterocycles. The molecule has 3 rings (SSSR count). The lowest BCUT2D eigenvalue weighted by Crippen LogP contribution is -1.96. The fourth-order valence-corrected chi connectivity index (χ4v) is 1.97. The molecule has 0 aliphatic heterocycles. The maximum Gasteiger partial charge on any atom is 0.264 e. The second-order valence-corrected chi connectivity index (χ2v) is 4.85. The van der Waals surface area contributed by atoms with Gasteiger partial charge < -0.3 is 14.0 Å². The molecule has 1 aromatic heterocycles. The summed E-state index contributed by atoms with van der Waals surface area (Å²) in [6.45, 7) is 2.25. The molecule has 0 saturated carbocycles. The molecule has 0 bridgehead atoms. The highest BCUT2D eigenvalue weighted by atomic mass is 16.5. The average molecular weight is 296 g/mol. The van der Waals surface area contributed by atoms with Gasteiger partial charge in [0.05, 0.1) is 7.11 Å².